The average molecular weight is 350 g/mol. The molecule has 1 aromatic carbocycles. The normalized spacial score (nSPS) is 13.5. The number of halogens is 2. The summed E-state index contributed by atoms with van der Waals surface area (Å²) < 4.78 is 0. The van der Waals surface area contributed by atoms with E-state index in [1.165, 1.54) is 12.1 Å². The molecule has 1 aromatic heterocycles. The van der Waals surface area contributed by atoms with Crippen LogP contribution >= 0.6 is 23.2 Å². The minimum Gasteiger partial charge on any atom is -0.349 e. The van der Waals surface area contributed by atoms with E-state index in [4.69, 9.17) is 23.2 Å². The van der Waals surface area contributed by atoms with Crippen molar-refractivity contribution >= 4 is 40.7 Å². The van der Waals surface area contributed by atoms with Crippen molar-refractivity contribution in [2.75, 3.05) is 5.32 Å². The molecule has 1 saturated carbocycles. The minimum atomic E-state index is -0.453. The highest BCUT2D eigenvalue weighted by Gasteiger charge is 2.25. The highest BCUT2D eigenvalue weighted by molar-refractivity contribution is 6.35. The number of nitrogens with one attached hydrogen (secondary N) is 2. The molecule has 1 aliphatic carbocycles. The largest absolute Gasteiger partial charge is 0.349 e. The second kappa shape index (κ2) is 6.56. The van der Waals surface area contributed by atoms with Crippen LogP contribution in [-0.4, -0.2) is 22.8 Å². The Labute approximate surface area is 143 Å². The fourth-order valence-electron chi connectivity index (χ4n) is 2.05. The van der Waals surface area contributed by atoms with E-state index in [1.54, 1.807) is 24.3 Å². The lowest BCUT2D eigenvalue weighted by Crippen LogP contribution is -2.27. The summed E-state index contributed by atoms with van der Waals surface area (Å²) in [6.45, 7) is 0. The molecule has 2 aromatic rings. The lowest BCUT2D eigenvalue weighted by atomic mass is 10.1. The third-order valence-electron chi connectivity index (χ3n) is 3.39. The van der Waals surface area contributed by atoms with Gasteiger partial charge in [0.2, 0.25) is 0 Å². The number of para-hydroxylation sites is 1. The maximum absolute atomic E-state index is 12.3. The van der Waals surface area contributed by atoms with Gasteiger partial charge in [-0.05, 0) is 37.1 Å². The van der Waals surface area contributed by atoms with E-state index in [-0.39, 0.29) is 27.8 Å². The van der Waals surface area contributed by atoms with Crippen LogP contribution in [0.4, 0.5) is 5.69 Å². The van der Waals surface area contributed by atoms with Gasteiger partial charge in [0.25, 0.3) is 11.8 Å². The molecule has 2 amide bonds. The van der Waals surface area contributed by atoms with Crippen LogP contribution in [0.1, 0.15) is 33.6 Å². The minimum absolute atomic E-state index is 0.00918. The Morgan fingerprint density at radius 1 is 1.00 bits per heavy atom. The van der Waals surface area contributed by atoms with E-state index < -0.39 is 5.91 Å². The Hall–Kier alpha value is -2.11. The zero-order chi connectivity index (χ0) is 16.4. The van der Waals surface area contributed by atoms with E-state index in [2.05, 4.69) is 15.6 Å². The second-order valence-electron chi connectivity index (χ2n) is 5.22. The quantitative estimate of drug-likeness (QED) is 0.829. The summed E-state index contributed by atoms with van der Waals surface area (Å²) in [6.07, 6.45) is 1.98. The van der Waals surface area contributed by atoms with Crippen molar-refractivity contribution in [3.63, 3.8) is 0 Å². The van der Waals surface area contributed by atoms with Crippen molar-refractivity contribution < 1.29 is 9.59 Å². The molecule has 0 unspecified atom stereocenters. The van der Waals surface area contributed by atoms with Crippen LogP contribution in [0.25, 0.3) is 0 Å². The van der Waals surface area contributed by atoms with Crippen molar-refractivity contribution in [3.8, 4) is 0 Å². The molecule has 1 fully saturated rings. The topological polar surface area (TPSA) is 71.1 Å². The van der Waals surface area contributed by atoms with Gasteiger partial charge in [-0.15, -0.1) is 0 Å². The van der Waals surface area contributed by atoms with E-state index in [0.29, 0.717) is 11.3 Å². The molecule has 0 radical (unpaired) electrons. The molecule has 5 nitrogen and oxygen atoms in total. The monoisotopic (exact) mass is 349 g/mol. The van der Waals surface area contributed by atoms with Gasteiger partial charge in [0.15, 0.2) is 0 Å². The lowest BCUT2D eigenvalue weighted by Gasteiger charge is -2.11. The fourth-order valence-corrected chi connectivity index (χ4v) is 2.48. The number of carbonyl (C=O) groups excluding carboxylic acids is 2. The first-order chi connectivity index (χ1) is 11.0. The van der Waals surface area contributed by atoms with Crippen molar-refractivity contribution in [1.29, 1.82) is 0 Å². The number of hydrogen-bond donors (Lipinski definition) is 2. The first-order valence-corrected chi connectivity index (χ1v) is 7.83. The summed E-state index contributed by atoms with van der Waals surface area (Å²) in [7, 11) is 0. The molecule has 0 aliphatic heterocycles. The van der Waals surface area contributed by atoms with Crippen molar-refractivity contribution in [1.82, 2.24) is 10.3 Å². The summed E-state index contributed by atoms with van der Waals surface area (Å²) in [5.41, 5.74) is 1.01. The third-order valence-corrected chi connectivity index (χ3v) is 3.89. The summed E-state index contributed by atoms with van der Waals surface area (Å²) in [5.74, 6) is -0.658. The molecular weight excluding hydrogens is 337 g/mol. The van der Waals surface area contributed by atoms with Gasteiger partial charge in [0, 0.05) is 6.04 Å². The summed E-state index contributed by atoms with van der Waals surface area (Å²) in [4.78, 5) is 28.4. The van der Waals surface area contributed by atoms with Crippen molar-refractivity contribution in [2.45, 2.75) is 18.9 Å². The number of aromatic nitrogens is 1. The smallest absolute Gasteiger partial charge is 0.258 e. The average Bonchev–Trinajstić information content (AvgIpc) is 3.31. The van der Waals surface area contributed by atoms with Gasteiger partial charge in [-0.3, -0.25) is 9.59 Å². The number of benzene rings is 1. The van der Waals surface area contributed by atoms with Crippen LogP contribution in [-0.2, 0) is 0 Å². The molecule has 0 spiro atoms. The number of nitrogens with zero attached hydrogens (tertiary/aromatic N) is 1. The Kier molecular flexibility index (Phi) is 4.50. The van der Waals surface area contributed by atoms with Gasteiger partial charge in [0.05, 0.1) is 16.8 Å². The van der Waals surface area contributed by atoms with Gasteiger partial charge in [0.1, 0.15) is 10.3 Å². The number of hydrogen-bond acceptors (Lipinski definition) is 3. The molecular formula is C16H13Cl2N3O2. The molecule has 0 atom stereocenters. The molecule has 0 bridgehead atoms. The highest BCUT2D eigenvalue weighted by Crippen LogP contribution is 2.23. The maximum Gasteiger partial charge on any atom is 0.258 e. The van der Waals surface area contributed by atoms with E-state index in [9.17, 15) is 9.59 Å². The first-order valence-electron chi connectivity index (χ1n) is 7.08. The second-order valence-corrected chi connectivity index (χ2v) is 5.97. The molecule has 3 rings (SSSR count). The molecule has 2 N–H and O–H groups in total. The Bertz CT molecular complexity index is 776. The maximum atomic E-state index is 12.3. The zero-order valence-corrected chi connectivity index (χ0v) is 13.5. The van der Waals surface area contributed by atoms with Gasteiger partial charge >= 0.3 is 0 Å². The van der Waals surface area contributed by atoms with E-state index >= 15 is 0 Å². The standard InChI is InChI=1S/C16H13Cl2N3O2/c17-13-8-7-11(14(18)21-13)16(23)20-12-4-2-1-3-10(12)15(22)19-9-5-6-9/h1-4,7-9H,5-6H2,(H,19,22)(H,20,23). The molecule has 7 heteroatoms. The predicted molar refractivity (Wildman–Crippen MR) is 89.1 cm³/mol. The van der Waals surface area contributed by atoms with Crippen LogP contribution in [0.2, 0.25) is 10.3 Å². The van der Waals surface area contributed by atoms with Crippen LogP contribution in [0.5, 0.6) is 0 Å². The van der Waals surface area contributed by atoms with Crippen LogP contribution < -0.4 is 10.6 Å². The molecule has 118 valence electrons. The van der Waals surface area contributed by atoms with Crippen LogP contribution in [0.3, 0.4) is 0 Å². The highest BCUT2D eigenvalue weighted by atomic mass is 35.5. The summed E-state index contributed by atoms with van der Waals surface area (Å²) in [6, 6.07) is 10.0. The Morgan fingerprint density at radius 2 is 1.74 bits per heavy atom. The molecule has 0 saturated heterocycles. The van der Waals surface area contributed by atoms with E-state index in [0.717, 1.165) is 12.8 Å². The summed E-state index contributed by atoms with van der Waals surface area (Å²) in [5, 5.41) is 5.80. The van der Waals surface area contributed by atoms with E-state index in [1.807, 2.05) is 0 Å². The Morgan fingerprint density at radius 3 is 2.43 bits per heavy atom. The predicted octanol–water partition coefficient (Wildman–Crippen LogP) is 3.53. The third kappa shape index (κ3) is 3.81. The SMILES string of the molecule is O=C(NC1CC1)c1ccccc1NC(=O)c1ccc(Cl)nc1Cl. The van der Waals surface area contributed by atoms with Gasteiger partial charge in [-0.25, -0.2) is 4.98 Å². The van der Waals surface area contributed by atoms with Gasteiger partial charge in [-0.1, -0.05) is 35.3 Å². The number of amides is 2. The molecule has 1 aliphatic rings. The molecule has 1 heterocycles. The van der Waals surface area contributed by atoms with Gasteiger partial charge < -0.3 is 10.6 Å². The summed E-state index contributed by atoms with van der Waals surface area (Å²) >= 11 is 11.7. The first kappa shape index (κ1) is 15.8. The number of rotatable bonds is 4. The van der Waals surface area contributed by atoms with Gasteiger partial charge in [-0.2, -0.15) is 0 Å². The van der Waals surface area contributed by atoms with Crippen molar-refractivity contribution in [3.05, 3.63) is 57.8 Å². The Balaban J connectivity index is 1.81. The van der Waals surface area contributed by atoms with Crippen LogP contribution in [0, 0.1) is 0 Å². The number of carbonyl (C=O) groups is 2. The fraction of sp³-hybridized carbons (Fsp3) is 0.188. The van der Waals surface area contributed by atoms with Crippen molar-refractivity contribution in [2.24, 2.45) is 0 Å². The number of pyridine rings is 1. The van der Waals surface area contributed by atoms with Crippen LogP contribution in [0.15, 0.2) is 36.4 Å². The zero-order valence-electron chi connectivity index (χ0n) is 12.0. The lowest BCUT2D eigenvalue weighted by molar-refractivity contribution is 0.0952. The number of anilines is 1. The molecule has 23 heavy (non-hydrogen) atoms.